The predicted octanol–water partition coefficient (Wildman–Crippen LogP) is 4.37. The monoisotopic (exact) mass is 448 g/mol. The maximum atomic E-state index is 13.4. The molecule has 3 N–H and O–H groups in total. The number of aromatic nitrogens is 4. The lowest BCUT2D eigenvalue weighted by Crippen LogP contribution is -2.43. The number of rotatable bonds is 5. The van der Waals surface area contributed by atoms with Gasteiger partial charge in [-0.3, -0.25) is 4.79 Å². The highest BCUT2D eigenvalue weighted by Gasteiger charge is 2.32. The molecule has 33 heavy (non-hydrogen) atoms. The average Bonchev–Trinajstić information content (AvgIpc) is 3.39. The summed E-state index contributed by atoms with van der Waals surface area (Å²) in [5.74, 6) is 0.574. The average molecular weight is 449 g/mol. The number of pyridine rings is 1. The Bertz CT molecular complexity index is 1170. The van der Waals surface area contributed by atoms with E-state index in [0.29, 0.717) is 23.7 Å². The molecule has 0 aromatic carbocycles. The number of aliphatic hydroxyl groups is 1. The van der Waals surface area contributed by atoms with E-state index in [1.54, 1.807) is 6.20 Å². The molecule has 0 unspecified atom stereocenters. The summed E-state index contributed by atoms with van der Waals surface area (Å²) in [4.78, 5) is 25.8. The molecule has 0 spiro atoms. The number of nitrogens with zero attached hydrogens (tertiary/aromatic N) is 4. The number of nitrogens with one attached hydrogen (secondary N) is 2. The van der Waals surface area contributed by atoms with Crippen molar-refractivity contribution in [3.63, 3.8) is 0 Å². The van der Waals surface area contributed by atoms with Gasteiger partial charge in [0.15, 0.2) is 5.82 Å². The van der Waals surface area contributed by atoms with Gasteiger partial charge in [0.2, 0.25) is 0 Å². The van der Waals surface area contributed by atoms with Crippen LogP contribution in [0.25, 0.3) is 22.1 Å². The van der Waals surface area contributed by atoms with Crippen LogP contribution in [-0.2, 0) is 0 Å². The second-order valence-electron chi connectivity index (χ2n) is 9.90. The Labute approximate surface area is 193 Å². The van der Waals surface area contributed by atoms with Crippen molar-refractivity contribution in [2.45, 2.75) is 82.3 Å². The van der Waals surface area contributed by atoms with Gasteiger partial charge in [0, 0.05) is 30.6 Å². The van der Waals surface area contributed by atoms with Crippen molar-refractivity contribution in [1.29, 1.82) is 5.26 Å². The molecule has 3 aromatic heterocycles. The van der Waals surface area contributed by atoms with Gasteiger partial charge in [0.05, 0.1) is 23.4 Å². The van der Waals surface area contributed by atoms with Crippen molar-refractivity contribution in [3.05, 3.63) is 24.3 Å². The number of H-pyrrole nitrogens is 1. The van der Waals surface area contributed by atoms with Crippen molar-refractivity contribution in [3.8, 4) is 6.07 Å². The van der Waals surface area contributed by atoms with E-state index in [1.807, 2.05) is 12.3 Å². The zero-order valence-corrected chi connectivity index (χ0v) is 19.0. The van der Waals surface area contributed by atoms with Gasteiger partial charge in [-0.05, 0) is 50.5 Å². The molecule has 8 heteroatoms. The minimum absolute atomic E-state index is 0.146. The fraction of sp³-hybridized carbons (Fsp3) is 0.600. The smallest absolute Gasteiger partial charge is 0.287 e. The van der Waals surface area contributed by atoms with Crippen LogP contribution in [0.3, 0.4) is 0 Å². The van der Waals surface area contributed by atoms with Crippen LogP contribution in [0.5, 0.6) is 0 Å². The molecule has 3 heterocycles. The van der Waals surface area contributed by atoms with Gasteiger partial charge >= 0.3 is 0 Å². The summed E-state index contributed by atoms with van der Waals surface area (Å²) in [6, 6.07) is 4.44. The number of amides is 1. The summed E-state index contributed by atoms with van der Waals surface area (Å²) in [6.07, 6.45) is 13.7. The Kier molecular flexibility index (Phi) is 6.07. The molecule has 2 aliphatic rings. The van der Waals surface area contributed by atoms with Crippen LogP contribution >= 0.6 is 0 Å². The molecule has 1 amide bonds. The fourth-order valence-corrected chi connectivity index (χ4v) is 5.73. The van der Waals surface area contributed by atoms with E-state index in [0.717, 1.165) is 80.8 Å². The van der Waals surface area contributed by atoms with Gasteiger partial charge in [-0.2, -0.15) is 5.26 Å². The van der Waals surface area contributed by atoms with E-state index in [9.17, 15) is 9.90 Å². The zero-order chi connectivity index (χ0) is 22.8. The number of carbonyl (C=O) groups excluding carboxylic acids is 1. The summed E-state index contributed by atoms with van der Waals surface area (Å²) in [5, 5.41) is 24.1. The first-order chi connectivity index (χ1) is 16.1. The Morgan fingerprint density at radius 1 is 1.24 bits per heavy atom. The third-order valence-corrected chi connectivity index (χ3v) is 7.61. The summed E-state index contributed by atoms with van der Waals surface area (Å²) < 4.78 is 2.10. The lowest BCUT2D eigenvalue weighted by Gasteiger charge is -2.30. The molecule has 0 bridgehead atoms. The van der Waals surface area contributed by atoms with E-state index in [-0.39, 0.29) is 18.5 Å². The predicted molar refractivity (Wildman–Crippen MR) is 126 cm³/mol. The van der Waals surface area contributed by atoms with E-state index < -0.39 is 5.60 Å². The van der Waals surface area contributed by atoms with Crippen LogP contribution in [0.4, 0.5) is 0 Å². The van der Waals surface area contributed by atoms with Crippen molar-refractivity contribution < 1.29 is 9.90 Å². The SMILES string of the molecule is N#CCC1CCC(n2c(C(=O)NCC3(O)CCCCCC3)nc3cnc4[nH]ccc4c32)CC1. The molecule has 0 saturated heterocycles. The normalized spacial score (nSPS) is 23.3. The van der Waals surface area contributed by atoms with Crippen LogP contribution in [0.2, 0.25) is 0 Å². The molecule has 2 aliphatic carbocycles. The third kappa shape index (κ3) is 4.34. The van der Waals surface area contributed by atoms with E-state index in [1.165, 1.54) is 0 Å². The Morgan fingerprint density at radius 2 is 2.00 bits per heavy atom. The highest BCUT2D eigenvalue weighted by atomic mass is 16.3. The maximum Gasteiger partial charge on any atom is 0.287 e. The van der Waals surface area contributed by atoms with Gasteiger partial charge in [-0.15, -0.1) is 0 Å². The minimum Gasteiger partial charge on any atom is -0.388 e. The summed E-state index contributed by atoms with van der Waals surface area (Å²) >= 11 is 0. The van der Waals surface area contributed by atoms with E-state index in [2.05, 4.69) is 25.9 Å². The van der Waals surface area contributed by atoms with E-state index >= 15 is 0 Å². The molecule has 174 valence electrons. The van der Waals surface area contributed by atoms with Gasteiger partial charge in [0.25, 0.3) is 5.91 Å². The van der Waals surface area contributed by atoms with Crippen molar-refractivity contribution >= 4 is 28.0 Å². The van der Waals surface area contributed by atoms with Crippen LogP contribution < -0.4 is 5.32 Å². The largest absolute Gasteiger partial charge is 0.388 e. The lowest BCUT2D eigenvalue weighted by molar-refractivity contribution is 0.0244. The molecule has 5 rings (SSSR count). The van der Waals surface area contributed by atoms with Crippen LogP contribution in [0.1, 0.15) is 87.3 Å². The molecule has 0 atom stereocenters. The van der Waals surface area contributed by atoms with Crippen molar-refractivity contribution in [2.24, 2.45) is 5.92 Å². The third-order valence-electron chi connectivity index (χ3n) is 7.61. The van der Waals surface area contributed by atoms with Gasteiger partial charge in [-0.1, -0.05) is 25.7 Å². The molecule has 2 fully saturated rings. The lowest BCUT2D eigenvalue weighted by atomic mass is 9.84. The van der Waals surface area contributed by atoms with E-state index in [4.69, 9.17) is 10.2 Å². The zero-order valence-electron chi connectivity index (χ0n) is 19.0. The molecule has 8 nitrogen and oxygen atoms in total. The Hall–Kier alpha value is -2.92. The van der Waals surface area contributed by atoms with Gasteiger partial charge < -0.3 is 20.0 Å². The van der Waals surface area contributed by atoms with Crippen molar-refractivity contribution in [1.82, 2.24) is 24.8 Å². The number of imidazole rings is 1. The molecule has 3 aromatic rings. The summed E-state index contributed by atoms with van der Waals surface area (Å²) in [6.45, 7) is 0.252. The Morgan fingerprint density at radius 3 is 2.73 bits per heavy atom. The highest BCUT2D eigenvalue weighted by molar-refractivity contribution is 6.04. The summed E-state index contributed by atoms with van der Waals surface area (Å²) in [7, 11) is 0. The van der Waals surface area contributed by atoms with Crippen LogP contribution in [0.15, 0.2) is 18.5 Å². The number of aromatic amines is 1. The van der Waals surface area contributed by atoms with Crippen LogP contribution in [0, 0.1) is 17.2 Å². The minimum atomic E-state index is -0.839. The molecule has 0 radical (unpaired) electrons. The topological polar surface area (TPSA) is 120 Å². The standard InChI is InChI=1S/C25H32N6O2/c26-13-9-17-5-7-18(8-6-17)31-21-19-10-14-27-22(19)28-15-20(21)30-23(31)24(32)29-16-25(33)11-3-1-2-4-12-25/h10,14-15,17-18,33H,1-9,11-12,16H2,(H,27,28)(H,29,32). The van der Waals surface area contributed by atoms with Crippen molar-refractivity contribution in [2.75, 3.05) is 6.54 Å². The maximum absolute atomic E-state index is 13.4. The molecule has 0 aliphatic heterocycles. The fourth-order valence-electron chi connectivity index (χ4n) is 5.73. The van der Waals surface area contributed by atoms with Gasteiger partial charge in [-0.25, -0.2) is 9.97 Å². The molecule has 2 saturated carbocycles. The number of hydrogen-bond acceptors (Lipinski definition) is 5. The first kappa shape index (κ1) is 21.9. The summed E-state index contributed by atoms with van der Waals surface area (Å²) in [5.41, 5.74) is 1.58. The number of carbonyl (C=O) groups is 1. The second kappa shape index (κ2) is 9.14. The first-order valence-corrected chi connectivity index (χ1v) is 12.3. The number of hydrogen-bond donors (Lipinski definition) is 3. The first-order valence-electron chi connectivity index (χ1n) is 12.3. The van der Waals surface area contributed by atoms with Gasteiger partial charge in [0.1, 0.15) is 11.2 Å². The molecular formula is C25H32N6O2. The van der Waals surface area contributed by atoms with Crippen LogP contribution in [-0.4, -0.2) is 42.7 Å². The number of nitriles is 1. The molecular weight excluding hydrogens is 416 g/mol. The second-order valence-corrected chi connectivity index (χ2v) is 9.90. The Balaban J connectivity index is 1.47. The quantitative estimate of drug-likeness (QED) is 0.501. The number of fused-ring (bicyclic) bond motifs is 3. The highest BCUT2D eigenvalue weighted by Crippen LogP contribution is 2.38.